The van der Waals surface area contributed by atoms with Gasteiger partial charge in [-0.3, -0.25) is 0 Å². The first kappa shape index (κ1) is 12.3. The lowest BCUT2D eigenvalue weighted by atomic mass is 10.2. The second-order valence-corrected chi connectivity index (χ2v) is 5.68. The van der Waals surface area contributed by atoms with Gasteiger partial charge in [0.1, 0.15) is 0 Å². The van der Waals surface area contributed by atoms with E-state index in [9.17, 15) is 0 Å². The van der Waals surface area contributed by atoms with Crippen LogP contribution in [-0.4, -0.2) is 12.0 Å². The van der Waals surface area contributed by atoms with Crippen LogP contribution < -0.4 is 10.6 Å². The number of benzene rings is 2. The number of para-hydroxylation sites is 1. The summed E-state index contributed by atoms with van der Waals surface area (Å²) in [6.45, 7) is 0. The first-order valence-electron chi connectivity index (χ1n) is 5.79. The average molecular weight is 290 g/mol. The molecule has 0 saturated heterocycles. The zero-order chi connectivity index (χ0) is 13.4. The van der Waals surface area contributed by atoms with Gasteiger partial charge in [-0.25, -0.2) is 4.98 Å². The third-order valence-corrected chi connectivity index (χ3v) is 4.16. The maximum atomic E-state index is 6.22. The van der Waals surface area contributed by atoms with Gasteiger partial charge in [-0.1, -0.05) is 35.1 Å². The van der Waals surface area contributed by atoms with Crippen molar-refractivity contribution in [2.24, 2.45) is 0 Å². The van der Waals surface area contributed by atoms with Crippen LogP contribution in [-0.2, 0) is 0 Å². The Hall–Kier alpha value is -1.78. The fraction of sp³-hybridized carbons (Fsp3) is 0.0714. The Morgan fingerprint density at radius 2 is 2.00 bits per heavy atom. The van der Waals surface area contributed by atoms with E-state index in [2.05, 4.69) is 16.0 Å². The SMILES string of the molecule is CN(c1ccc2nc(N)sc2c1)c1ccccc1Cl. The molecule has 0 aliphatic carbocycles. The van der Waals surface area contributed by atoms with Crippen molar-refractivity contribution in [2.75, 3.05) is 17.7 Å². The maximum absolute atomic E-state index is 6.22. The van der Waals surface area contributed by atoms with Crippen LogP contribution in [0.15, 0.2) is 42.5 Å². The molecule has 0 bridgehead atoms. The lowest BCUT2D eigenvalue weighted by molar-refractivity contribution is 1.21. The fourth-order valence-electron chi connectivity index (χ4n) is 2.00. The van der Waals surface area contributed by atoms with Gasteiger partial charge in [0, 0.05) is 12.7 Å². The Morgan fingerprint density at radius 3 is 2.79 bits per heavy atom. The quantitative estimate of drug-likeness (QED) is 0.765. The Labute approximate surface area is 120 Å². The summed E-state index contributed by atoms with van der Waals surface area (Å²) in [5, 5.41) is 1.32. The highest BCUT2D eigenvalue weighted by molar-refractivity contribution is 7.22. The summed E-state index contributed by atoms with van der Waals surface area (Å²) < 4.78 is 1.08. The Kier molecular flexibility index (Phi) is 3.05. The smallest absolute Gasteiger partial charge is 0.181 e. The van der Waals surface area contributed by atoms with Crippen LogP contribution in [0.1, 0.15) is 0 Å². The molecule has 0 aliphatic heterocycles. The topological polar surface area (TPSA) is 42.2 Å². The highest BCUT2D eigenvalue weighted by Gasteiger charge is 2.09. The molecule has 0 spiro atoms. The summed E-state index contributed by atoms with van der Waals surface area (Å²) in [5.41, 5.74) is 8.69. The van der Waals surface area contributed by atoms with Crippen LogP contribution in [0.3, 0.4) is 0 Å². The van der Waals surface area contributed by atoms with E-state index in [1.54, 1.807) is 0 Å². The number of aromatic nitrogens is 1. The summed E-state index contributed by atoms with van der Waals surface area (Å²) in [6.07, 6.45) is 0. The van der Waals surface area contributed by atoms with Gasteiger partial charge in [0.2, 0.25) is 0 Å². The number of nitrogens with two attached hydrogens (primary N) is 1. The number of rotatable bonds is 2. The molecule has 0 unspecified atom stereocenters. The minimum atomic E-state index is 0.590. The average Bonchev–Trinajstić information content (AvgIpc) is 2.77. The summed E-state index contributed by atoms with van der Waals surface area (Å²) in [5.74, 6) is 0. The van der Waals surface area contributed by atoms with Gasteiger partial charge < -0.3 is 10.6 Å². The highest BCUT2D eigenvalue weighted by Crippen LogP contribution is 2.33. The molecular weight excluding hydrogens is 278 g/mol. The van der Waals surface area contributed by atoms with Crippen molar-refractivity contribution in [3.63, 3.8) is 0 Å². The molecule has 0 fully saturated rings. The van der Waals surface area contributed by atoms with Crippen molar-refractivity contribution < 1.29 is 0 Å². The maximum Gasteiger partial charge on any atom is 0.181 e. The van der Waals surface area contributed by atoms with Gasteiger partial charge in [-0.05, 0) is 30.3 Å². The van der Waals surface area contributed by atoms with E-state index >= 15 is 0 Å². The first-order chi connectivity index (χ1) is 9.15. The van der Waals surface area contributed by atoms with Crippen LogP contribution in [0, 0.1) is 0 Å². The molecule has 0 aliphatic rings. The molecule has 1 aromatic heterocycles. The second-order valence-electron chi connectivity index (χ2n) is 4.21. The van der Waals surface area contributed by atoms with Crippen molar-refractivity contribution in [3.8, 4) is 0 Å². The summed E-state index contributed by atoms with van der Waals surface area (Å²) >= 11 is 7.71. The predicted octanol–water partition coefficient (Wildman–Crippen LogP) is 4.30. The number of hydrogen-bond acceptors (Lipinski definition) is 4. The minimum absolute atomic E-state index is 0.590. The van der Waals surface area contributed by atoms with E-state index in [-0.39, 0.29) is 0 Å². The molecule has 0 amide bonds. The minimum Gasteiger partial charge on any atom is -0.375 e. The molecule has 19 heavy (non-hydrogen) atoms. The fourth-order valence-corrected chi connectivity index (χ4v) is 3.03. The van der Waals surface area contributed by atoms with Gasteiger partial charge in [-0.15, -0.1) is 0 Å². The van der Waals surface area contributed by atoms with E-state index < -0.39 is 0 Å². The molecule has 2 aromatic carbocycles. The zero-order valence-corrected chi connectivity index (χ0v) is 11.9. The van der Waals surface area contributed by atoms with Crippen LogP contribution in [0.4, 0.5) is 16.5 Å². The van der Waals surface area contributed by atoms with Crippen molar-refractivity contribution >= 4 is 49.7 Å². The van der Waals surface area contributed by atoms with Gasteiger partial charge in [-0.2, -0.15) is 0 Å². The van der Waals surface area contributed by atoms with Crippen molar-refractivity contribution in [3.05, 3.63) is 47.5 Å². The standard InChI is InChI=1S/C14H12ClN3S/c1-18(12-5-3-2-4-10(12)15)9-6-7-11-13(8-9)19-14(16)17-11/h2-8H,1H3,(H2,16,17). The van der Waals surface area contributed by atoms with E-state index in [1.807, 2.05) is 43.4 Å². The van der Waals surface area contributed by atoms with Crippen LogP contribution >= 0.6 is 22.9 Å². The summed E-state index contributed by atoms with van der Waals surface area (Å²) in [4.78, 5) is 6.31. The number of thiazole rings is 1. The number of fused-ring (bicyclic) bond motifs is 1. The molecule has 0 atom stereocenters. The summed E-state index contributed by atoms with van der Waals surface area (Å²) in [7, 11) is 1.99. The molecule has 1 heterocycles. The second kappa shape index (κ2) is 4.72. The van der Waals surface area contributed by atoms with E-state index in [0.717, 1.165) is 26.6 Å². The molecule has 3 aromatic rings. The van der Waals surface area contributed by atoms with Crippen LogP contribution in [0.25, 0.3) is 10.2 Å². The zero-order valence-electron chi connectivity index (χ0n) is 10.3. The normalized spacial score (nSPS) is 10.8. The van der Waals surface area contributed by atoms with E-state index in [0.29, 0.717) is 5.13 Å². The van der Waals surface area contributed by atoms with Crippen LogP contribution in [0.2, 0.25) is 5.02 Å². The Morgan fingerprint density at radius 1 is 1.21 bits per heavy atom. The molecule has 0 radical (unpaired) electrons. The van der Waals surface area contributed by atoms with Crippen molar-refractivity contribution in [2.45, 2.75) is 0 Å². The lowest BCUT2D eigenvalue weighted by Crippen LogP contribution is -2.09. The van der Waals surface area contributed by atoms with Gasteiger partial charge in [0.25, 0.3) is 0 Å². The van der Waals surface area contributed by atoms with Gasteiger partial charge in [0.15, 0.2) is 5.13 Å². The van der Waals surface area contributed by atoms with E-state index in [4.69, 9.17) is 17.3 Å². The number of halogens is 1. The number of hydrogen-bond donors (Lipinski definition) is 1. The van der Waals surface area contributed by atoms with Gasteiger partial charge in [0.05, 0.1) is 20.9 Å². The van der Waals surface area contributed by atoms with E-state index in [1.165, 1.54) is 11.3 Å². The largest absolute Gasteiger partial charge is 0.375 e. The number of nitrogen functional groups attached to an aromatic ring is 1. The highest BCUT2D eigenvalue weighted by atomic mass is 35.5. The number of nitrogens with zero attached hydrogens (tertiary/aromatic N) is 2. The predicted molar refractivity (Wildman–Crippen MR) is 83.5 cm³/mol. The van der Waals surface area contributed by atoms with Crippen molar-refractivity contribution in [1.29, 1.82) is 0 Å². The molecule has 96 valence electrons. The first-order valence-corrected chi connectivity index (χ1v) is 6.99. The molecule has 3 nitrogen and oxygen atoms in total. The Bertz CT molecular complexity index is 738. The molecule has 2 N–H and O–H groups in total. The third kappa shape index (κ3) is 2.25. The number of anilines is 3. The lowest BCUT2D eigenvalue weighted by Gasteiger charge is -2.20. The van der Waals surface area contributed by atoms with Crippen molar-refractivity contribution in [1.82, 2.24) is 4.98 Å². The van der Waals surface area contributed by atoms with Gasteiger partial charge >= 0.3 is 0 Å². The third-order valence-electron chi connectivity index (χ3n) is 2.99. The van der Waals surface area contributed by atoms with Crippen LogP contribution in [0.5, 0.6) is 0 Å². The molecular formula is C14H12ClN3S. The summed E-state index contributed by atoms with van der Waals surface area (Å²) in [6, 6.07) is 13.8. The molecule has 0 saturated carbocycles. The molecule has 5 heteroatoms. The monoisotopic (exact) mass is 289 g/mol. The Balaban J connectivity index is 2.06. The molecule has 3 rings (SSSR count).